The van der Waals surface area contributed by atoms with Crippen LogP contribution in [0.2, 0.25) is 0 Å². The number of rotatable bonds is 2. The molecule has 0 radical (unpaired) electrons. The molecule has 20 heavy (non-hydrogen) atoms. The number of oxazole rings is 1. The molecule has 1 N–H and O–H groups in total. The third-order valence-electron chi connectivity index (χ3n) is 3.39. The first kappa shape index (κ1) is 12.7. The number of hydrogen-bond donors (Lipinski definition) is 1. The van der Waals surface area contributed by atoms with Gasteiger partial charge in [0.1, 0.15) is 11.5 Å². The van der Waals surface area contributed by atoms with Gasteiger partial charge in [-0.25, -0.2) is 4.98 Å². The molecule has 1 aromatic carbocycles. The average molecular weight is 269 g/mol. The van der Waals surface area contributed by atoms with E-state index in [1.165, 1.54) is 0 Å². The number of allylic oxidation sites excluding steroid dienone is 2. The highest BCUT2D eigenvalue weighted by Gasteiger charge is 2.28. The van der Waals surface area contributed by atoms with Gasteiger partial charge in [0.05, 0.1) is 5.57 Å². The zero-order valence-corrected chi connectivity index (χ0v) is 11.2. The number of ketones is 1. The van der Waals surface area contributed by atoms with Crippen LogP contribution in [0.1, 0.15) is 30.8 Å². The second-order valence-corrected chi connectivity index (χ2v) is 4.88. The minimum absolute atomic E-state index is 0.0702. The number of nitrogens with zero attached hydrogens (tertiary/aromatic N) is 1. The summed E-state index contributed by atoms with van der Waals surface area (Å²) in [6.07, 6.45) is 1.65. The van der Waals surface area contributed by atoms with Crippen LogP contribution in [-0.4, -0.2) is 15.9 Å². The Hall–Kier alpha value is -2.36. The first-order valence-corrected chi connectivity index (χ1v) is 6.65. The van der Waals surface area contributed by atoms with Crippen molar-refractivity contribution in [3.05, 3.63) is 47.7 Å². The van der Waals surface area contributed by atoms with Gasteiger partial charge < -0.3 is 9.52 Å². The summed E-state index contributed by atoms with van der Waals surface area (Å²) < 4.78 is 5.64. The molecule has 0 saturated heterocycles. The van der Waals surface area contributed by atoms with Crippen molar-refractivity contribution in [3.63, 3.8) is 0 Å². The maximum absolute atomic E-state index is 12.1. The van der Waals surface area contributed by atoms with E-state index >= 15 is 0 Å². The summed E-state index contributed by atoms with van der Waals surface area (Å²) in [4.78, 5) is 16.4. The molecule has 0 saturated carbocycles. The van der Waals surface area contributed by atoms with Gasteiger partial charge >= 0.3 is 0 Å². The standard InChI is InChI=1S/C16H15NO3/c1-10-17-15(14-12(18)8-5-9-13(14)19)16(20-10)11-6-3-2-4-7-11/h2-4,6-7,18H,5,8-9H2,1H3. The molecule has 0 amide bonds. The Balaban J connectivity index is 2.18. The van der Waals surface area contributed by atoms with Crippen LogP contribution in [0.25, 0.3) is 16.9 Å². The van der Waals surface area contributed by atoms with Crippen LogP contribution in [0.3, 0.4) is 0 Å². The van der Waals surface area contributed by atoms with Crippen LogP contribution >= 0.6 is 0 Å². The van der Waals surface area contributed by atoms with Gasteiger partial charge in [-0.3, -0.25) is 4.79 Å². The van der Waals surface area contributed by atoms with E-state index in [2.05, 4.69) is 4.98 Å². The Kier molecular flexibility index (Phi) is 3.14. The second kappa shape index (κ2) is 4.96. The van der Waals surface area contributed by atoms with Crippen molar-refractivity contribution >= 4 is 11.4 Å². The predicted molar refractivity (Wildman–Crippen MR) is 75.1 cm³/mol. The number of hydrogen-bond acceptors (Lipinski definition) is 4. The number of carbonyl (C=O) groups is 1. The number of benzene rings is 1. The minimum atomic E-state index is -0.0702. The summed E-state index contributed by atoms with van der Waals surface area (Å²) in [5.41, 5.74) is 1.62. The maximum Gasteiger partial charge on any atom is 0.192 e. The van der Waals surface area contributed by atoms with Crippen molar-refractivity contribution in [2.75, 3.05) is 0 Å². The molecular formula is C16H15NO3. The lowest BCUT2D eigenvalue weighted by molar-refractivity contribution is -0.114. The van der Waals surface area contributed by atoms with Crippen LogP contribution in [0.5, 0.6) is 0 Å². The fourth-order valence-electron chi connectivity index (χ4n) is 2.48. The van der Waals surface area contributed by atoms with E-state index in [0.29, 0.717) is 42.2 Å². The molecule has 0 unspecified atom stereocenters. The fourth-order valence-corrected chi connectivity index (χ4v) is 2.48. The largest absolute Gasteiger partial charge is 0.511 e. The van der Waals surface area contributed by atoms with Crippen molar-refractivity contribution in [1.29, 1.82) is 0 Å². The van der Waals surface area contributed by atoms with Gasteiger partial charge in [0.25, 0.3) is 0 Å². The summed E-state index contributed by atoms with van der Waals surface area (Å²) in [5, 5.41) is 10.1. The number of aromatic nitrogens is 1. The Labute approximate surface area is 116 Å². The van der Waals surface area contributed by atoms with E-state index < -0.39 is 0 Å². The first-order chi connectivity index (χ1) is 9.66. The number of aliphatic hydroxyl groups is 1. The topological polar surface area (TPSA) is 63.3 Å². The van der Waals surface area contributed by atoms with E-state index in [1.54, 1.807) is 6.92 Å². The molecule has 1 aliphatic rings. The summed E-state index contributed by atoms with van der Waals surface area (Å²) in [6.45, 7) is 1.74. The Bertz CT molecular complexity index is 683. The lowest BCUT2D eigenvalue weighted by Gasteiger charge is -2.14. The van der Waals surface area contributed by atoms with Gasteiger partial charge in [0.2, 0.25) is 0 Å². The molecule has 1 heterocycles. The quantitative estimate of drug-likeness (QED) is 0.903. The van der Waals surface area contributed by atoms with Crippen molar-refractivity contribution in [2.45, 2.75) is 26.2 Å². The van der Waals surface area contributed by atoms with Gasteiger partial charge in [-0.2, -0.15) is 0 Å². The van der Waals surface area contributed by atoms with Crippen molar-refractivity contribution in [2.24, 2.45) is 0 Å². The molecule has 3 rings (SSSR count). The van der Waals surface area contributed by atoms with Gasteiger partial charge in [-0.05, 0) is 6.42 Å². The maximum atomic E-state index is 12.1. The Morgan fingerprint density at radius 3 is 2.65 bits per heavy atom. The second-order valence-electron chi connectivity index (χ2n) is 4.88. The molecule has 0 bridgehead atoms. The number of aliphatic hydroxyl groups excluding tert-OH is 1. The van der Waals surface area contributed by atoms with Crippen LogP contribution in [0.15, 0.2) is 40.5 Å². The van der Waals surface area contributed by atoms with E-state index in [9.17, 15) is 9.90 Å². The molecule has 1 aromatic heterocycles. The normalized spacial score (nSPS) is 15.8. The van der Waals surface area contributed by atoms with Gasteiger partial charge in [0, 0.05) is 25.3 Å². The van der Waals surface area contributed by atoms with Crippen molar-refractivity contribution in [3.8, 4) is 11.3 Å². The number of Topliss-reactive ketones (excluding diaryl/α,β-unsaturated/α-hetero) is 1. The van der Waals surface area contributed by atoms with Gasteiger partial charge in [0.15, 0.2) is 17.4 Å². The molecule has 4 nitrogen and oxygen atoms in total. The summed E-state index contributed by atoms with van der Waals surface area (Å²) in [6, 6.07) is 9.50. The highest BCUT2D eigenvalue weighted by molar-refractivity contribution is 6.22. The zero-order chi connectivity index (χ0) is 14.1. The number of carbonyl (C=O) groups excluding carboxylic acids is 1. The van der Waals surface area contributed by atoms with Crippen LogP contribution < -0.4 is 0 Å². The smallest absolute Gasteiger partial charge is 0.192 e. The highest BCUT2D eigenvalue weighted by atomic mass is 16.4. The van der Waals surface area contributed by atoms with Crippen LogP contribution in [0, 0.1) is 6.92 Å². The molecule has 0 spiro atoms. The zero-order valence-electron chi connectivity index (χ0n) is 11.2. The van der Waals surface area contributed by atoms with Crippen LogP contribution in [0.4, 0.5) is 0 Å². The lowest BCUT2D eigenvalue weighted by Crippen LogP contribution is -2.11. The van der Waals surface area contributed by atoms with E-state index in [4.69, 9.17) is 4.42 Å². The molecular weight excluding hydrogens is 254 g/mol. The Morgan fingerprint density at radius 2 is 1.95 bits per heavy atom. The molecule has 102 valence electrons. The lowest BCUT2D eigenvalue weighted by atomic mass is 9.92. The van der Waals surface area contributed by atoms with Crippen molar-refractivity contribution in [1.82, 2.24) is 4.98 Å². The summed E-state index contributed by atoms with van der Waals surface area (Å²) in [5.74, 6) is 1.07. The molecule has 0 fully saturated rings. The molecule has 0 aliphatic heterocycles. The Morgan fingerprint density at radius 1 is 1.20 bits per heavy atom. The molecule has 0 atom stereocenters. The summed E-state index contributed by atoms with van der Waals surface area (Å²) >= 11 is 0. The third-order valence-corrected chi connectivity index (χ3v) is 3.39. The van der Waals surface area contributed by atoms with Gasteiger partial charge in [-0.15, -0.1) is 0 Å². The van der Waals surface area contributed by atoms with Crippen LogP contribution in [-0.2, 0) is 4.79 Å². The van der Waals surface area contributed by atoms with E-state index in [1.807, 2.05) is 30.3 Å². The molecule has 4 heteroatoms. The third kappa shape index (κ3) is 2.13. The average Bonchev–Trinajstić information content (AvgIpc) is 2.81. The van der Waals surface area contributed by atoms with E-state index in [0.717, 1.165) is 5.56 Å². The fraction of sp³-hybridized carbons (Fsp3) is 0.250. The SMILES string of the molecule is Cc1nc(C2=C(O)CCCC2=O)c(-c2ccccc2)o1. The first-order valence-electron chi connectivity index (χ1n) is 6.65. The molecule has 1 aliphatic carbocycles. The highest BCUT2D eigenvalue weighted by Crippen LogP contribution is 2.35. The molecule has 2 aromatic rings. The van der Waals surface area contributed by atoms with Gasteiger partial charge in [-0.1, -0.05) is 30.3 Å². The number of aryl methyl sites for hydroxylation is 1. The monoisotopic (exact) mass is 269 g/mol. The predicted octanol–water partition coefficient (Wildman–Crippen LogP) is 3.67. The minimum Gasteiger partial charge on any atom is -0.511 e. The van der Waals surface area contributed by atoms with E-state index in [-0.39, 0.29) is 11.5 Å². The van der Waals surface area contributed by atoms with Crippen molar-refractivity contribution < 1.29 is 14.3 Å². The summed E-state index contributed by atoms with van der Waals surface area (Å²) in [7, 11) is 0.